The molecule has 2 aromatic heterocycles. The molecule has 4 nitrogen and oxygen atoms in total. The van der Waals surface area contributed by atoms with Crippen molar-refractivity contribution in [1.29, 1.82) is 0 Å². The third-order valence-electron chi connectivity index (χ3n) is 3.82. The largest absolute Gasteiger partial charge is 0.378 e. The Morgan fingerprint density at radius 1 is 1.53 bits per heavy atom. The van der Waals surface area contributed by atoms with Crippen LogP contribution in [0.3, 0.4) is 0 Å². The van der Waals surface area contributed by atoms with Gasteiger partial charge in [0.2, 0.25) is 0 Å². The number of nitrogens with zero attached hydrogens (tertiary/aromatic N) is 2. The molecule has 1 aliphatic rings. The van der Waals surface area contributed by atoms with E-state index in [9.17, 15) is 0 Å². The number of aromatic amines is 1. The van der Waals surface area contributed by atoms with E-state index in [1.165, 1.54) is 24.8 Å². The van der Waals surface area contributed by atoms with Crippen LogP contribution in [0.4, 0.5) is 0 Å². The molecule has 19 heavy (non-hydrogen) atoms. The summed E-state index contributed by atoms with van der Waals surface area (Å²) < 4.78 is 8.62. The molecule has 1 saturated heterocycles. The number of H-pyrrole nitrogens is 1. The van der Waals surface area contributed by atoms with E-state index < -0.39 is 0 Å². The first kappa shape index (κ1) is 12.8. The number of pyridine rings is 1. The highest BCUT2D eigenvalue weighted by atomic mass is 32.1. The van der Waals surface area contributed by atoms with Gasteiger partial charge < -0.3 is 14.3 Å². The Hall–Kier alpha value is -1.20. The summed E-state index contributed by atoms with van der Waals surface area (Å²) in [6.07, 6.45) is 6.88. The van der Waals surface area contributed by atoms with E-state index in [0.717, 1.165) is 35.5 Å². The second-order valence-corrected chi connectivity index (χ2v) is 5.57. The van der Waals surface area contributed by atoms with Crippen LogP contribution in [0.5, 0.6) is 0 Å². The molecule has 1 aliphatic heterocycles. The Bertz CT molecular complexity index is 625. The topological polar surface area (TPSA) is 42.8 Å². The van der Waals surface area contributed by atoms with Crippen LogP contribution in [-0.4, -0.2) is 27.2 Å². The number of hydrogen-bond donors (Lipinski definition) is 1. The minimum absolute atomic E-state index is 0.380. The van der Waals surface area contributed by atoms with Crippen LogP contribution >= 0.6 is 12.2 Å². The molecule has 3 rings (SSSR count). The zero-order chi connectivity index (χ0) is 13.2. The molecule has 2 aromatic rings. The van der Waals surface area contributed by atoms with Crippen LogP contribution in [-0.2, 0) is 11.3 Å². The van der Waals surface area contributed by atoms with Gasteiger partial charge in [0.05, 0.1) is 11.6 Å². The van der Waals surface area contributed by atoms with E-state index >= 15 is 0 Å². The Labute approximate surface area is 117 Å². The number of hydrogen-bond acceptors (Lipinski definition) is 3. The lowest BCUT2D eigenvalue weighted by atomic mass is 10.1. The molecule has 1 atom stereocenters. The molecule has 0 aromatic carbocycles. The zero-order valence-corrected chi connectivity index (χ0v) is 12.0. The minimum Gasteiger partial charge on any atom is -0.378 e. The van der Waals surface area contributed by atoms with Crippen molar-refractivity contribution in [3.05, 3.63) is 22.6 Å². The van der Waals surface area contributed by atoms with E-state index in [1.807, 2.05) is 12.3 Å². The van der Waals surface area contributed by atoms with Gasteiger partial charge >= 0.3 is 0 Å². The van der Waals surface area contributed by atoms with Crippen LogP contribution in [0.1, 0.15) is 31.2 Å². The minimum atomic E-state index is 0.380. The fraction of sp³-hybridized carbons (Fsp3) is 0.571. The van der Waals surface area contributed by atoms with Crippen molar-refractivity contribution in [2.45, 2.75) is 45.3 Å². The summed E-state index contributed by atoms with van der Waals surface area (Å²) in [5.74, 6) is 0. The summed E-state index contributed by atoms with van der Waals surface area (Å²) >= 11 is 5.41. The Balaban J connectivity index is 1.82. The van der Waals surface area contributed by atoms with Gasteiger partial charge in [0.15, 0.2) is 10.4 Å². The lowest BCUT2D eigenvalue weighted by Gasteiger charge is -2.22. The number of fused-ring (bicyclic) bond motifs is 1. The number of ether oxygens (including phenoxy) is 1. The molecule has 1 fully saturated rings. The fourth-order valence-corrected chi connectivity index (χ4v) is 2.97. The summed E-state index contributed by atoms with van der Waals surface area (Å²) in [4.78, 5) is 7.71. The Morgan fingerprint density at radius 3 is 3.21 bits per heavy atom. The first-order chi connectivity index (χ1) is 9.25. The highest BCUT2D eigenvalue weighted by Gasteiger charge is 2.15. The first-order valence-electron chi connectivity index (χ1n) is 6.91. The molecule has 0 spiro atoms. The van der Waals surface area contributed by atoms with Crippen molar-refractivity contribution in [1.82, 2.24) is 14.5 Å². The summed E-state index contributed by atoms with van der Waals surface area (Å²) in [6.45, 7) is 3.85. The molecule has 0 radical (unpaired) electrons. The van der Waals surface area contributed by atoms with Gasteiger partial charge in [-0.1, -0.05) is 0 Å². The molecule has 1 N–H and O–H groups in total. The normalized spacial score (nSPS) is 19.9. The molecule has 0 bridgehead atoms. The van der Waals surface area contributed by atoms with Crippen LogP contribution in [0.15, 0.2) is 12.3 Å². The summed E-state index contributed by atoms with van der Waals surface area (Å²) in [6, 6.07) is 2.00. The van der Waals surface area contributed by atoms with Gasteiger partial charge in [-0.25, -0.2) is 4.98 Å². The molecule has 1 unspecified atom stereocenters. The van der Waals surface area contributed by atoms with Crippen molar-refractivity contribution < 1.29 is 4.74 Å². The molecule has 0 saturated carbocycles. The third kappa shape index (κ3) is 2.58. The van der Waals surface area contributed by atoms with E-state index in [-0.39, 0.29) is 0 Å². The van der Waals surface area contributed by atoms with E-state index in [0.29, 0.717) is 6.10 Å². The van der Waals surface area contributed by atoms with Gasteiger partial charge in [0.25, 0.3) is 0 Å². The van der Waals surface area contributed by atoms with E-state index in [4.69, 9.17) is 17.0 Å². The average molecular weight is 277 g/mol. The second kappa shape index (κ2) is 5.43. The predicted octanol–water partition coefficient (Wildman–Crippen LogP) is 3.36. The maximum atomic E-state index is 5.77. The zero-order valence-electron chi connectivity index (χ0n) is 11.2. The Morgan fingerprint density at radius 2 is 2.42 bits per heavy atom. The van der Waals surface area contributed by atoms with Gasteiger partial charge in [-0.05, 0) is 56.5 Å². The lowest BCUT2D eigenvalue weighted by molar-refractivity contribution is 0.00890. The van der Waals surface area contributed by atoms with Crippen molar-refractivity contribution in [2.75, 3.05) is 6.61 Å². The van der Waals surface area contributed by atoms with Crippen molar-refractivity contribution >= 4 is 23.4 Å². The number of nitrogens with one attached hydrogen (secondary N) is 1. The monoisotopic (exact) mass is 277 g/mol. The quantitative estimate of drug-likeness (QED) is 0.875. The summed E-state index contributed by atoms with van der Waals surface area (Å²) in [5.41, 5.74) is 3.20. The van der Waals surface area contributed by atoms with Gasteiger partial charge in [0, 0.05) is 19.3 Å². The van der Waals surface area contributed by atoms with Gasteiger partial charge in [-0.2, -0.15) is 0 Å². The van der Waals surface area contributed by atoms with Crippen LogP contribution in [0.25, 0.3) is 11.2 Å². The fourth-order valence-electron chi connectivity index (χ4n) is 2.69. The second-order valence-electron chi connectivity index (χ2n) is 5.19. The molecule has 3 heterocycles. The number of aryl methyl sites for hydroxylation is 2. The maximum absolute atomic E-state index is 5.77. The summed E-state index contributed by atoms with van der Waals surface area (Å²) in [7, 11) is 0. The molecular formula is C14H19N3OS. The van der Waals surface area contributed by atoms with Crippen LogP contribution in [0.2, 0.25) is 0 Å². The van der Waals surface area contributed by atoms with Crippen LogP contribution < -0.4 is 0 Å². The SMILES string of the molecule is Cc1ccnc2c1[nH]c(=S)n2CCC1CCCCO1. The van der Waals surface area contributed by atoms with Gasteiger partial charge in [-0.3, -0.25) is 0 Å². The first-order valence-corrected chi connectivity index (χ1v) is 7.32. The smallest absolute Gasteiger partial charge is 0.179 e. The molecule has 102 valence electrons. The van der Waals surface area contributed by atoms with E-state index in [2.05, 4.69) is 21.5 Å². The molecule has 5 heteroatoms. The Kier molecular flexibility index (Phi) is 3.66. The number of imidazole rings is 1. The third-order valence-corrected chi connectivity index (χ3v) is 4.14. The highest BCUT2D eigenvalue weighted by Crippen LogP contribution is 2.19. The van der Waals surface area contributed by atoms with Gasteiger partial charge in [0.1, 0.15) is 0 Å². The van der Waals surface area contributed by atoms with Gasteiger partial charge in [-0.15, -0.1) is 0 Å². The van der Waals surface area contributed by atoms with Crippen molar-refractivity contribution in [3.8, 4) is 0 Å². The van der Waals surface area contributed by atoms with E-state index in [1.54, 1.807) is 0 Å². The number of aromatic nitrogens is 3. The molecule has 0 amide bonds. The maximum Gasteiger partial charge on any atom is 0.179 e. The summed E-state index contributed by atoms with van der Waals surface area (Å²) in [5, 5.41) is 0. The number of rotatable bonds is 3. The molecular weight excluding hydrogens is 258 g/mol. The molecule has 0 aliphatic carbocycles. The average Bonchev–Trinajstić information content (AvgIpc) is 2.75. The predicted molar refractivity (Wildman–Crippen MR) is 77.9 cm³/mol. The standard InChI is InChI=1S/C14H19N3OS/c1-10-5-7-15-13-12(10)16-14(19)17(13)8-6-11-4-2-3-9-18-11/h5,7,11H,2-4,6,8-9H2,1H3,(H,16,19). The van der Waals surface area contributed by atoms with Crippen LogP contribution in [0, 0.1) is 11.7 Å². The van der Waals surface area contributed by atoms with Crippen molar-refractivity contribution in [2.24, 2.45) is 0 Å². The highest BCUT2D eigenvalue weighted by molar-refractivity contribution is 7.71. The van der Waals surface area contributed by atoms with Crippen molar-refractivity contribution in [3.63, 3.8) is 0 Å². The lowest BCUT2D eigenvalue weighted by Crippen LogP contribution is -2.20.